The first-order valence-corrected chi connectivity index (χ1v) is 8.02. The maximum absolute atomic E-state index is 11.3. The van der Waals surface area contributed by atoms with Crippen LogP contribution in [0.2, 0.25) is 0 Å². The highest BCUT2D eigenvalue weighted by atomic mass is 16.5. The molecule has 0 unspecified atom stereocenters. The zero-order chi connectivity index (χ0) is 17.2. The van der Waals surface area contributed by atoms with Gasteiger partial charge in [-0.2, -0.15) is 0 Å². The van der Waals surface area contributed by atoms with Gasteiger partial charge in [0.1, 0.15) is 5.75 Å². The van der Waals surface area contributed by atoms with Crippen molar-refractivity contribution in [2.45, 2.75) is 0 Å². The van der Waals surface area contributed by atoms with Crippen LogP contribution in [0.15, 0.2) is 72.8 Å². The summed E-state index contributed by atoms with van der Waals surface area (Å²) >= 11 is 0. The summed E-state index contributed by atoms with van der Waals surface area (Å²) in [6, 6.07) is 23.3. The predicted molar refractivity (Wildman–Crippen MR) is 99.9 cm³/mol. The average Bonchev–Trinajstić information content (AvgIpc) is 2.68. The molecule has 4 aromatic carbocycles. The largest absolute Gasteiger partial charge is 0.493 e. The first-order valence-electron chi connectivity index (χ1n) is 8.02. The summed E-state index contributed by atoms with van der Waals surface area (Å²) in [6.45, 7) is 0. The second-order valence-corrected chi connectivity index (χ2v) is 5.74. The van der Waals surface area contributed by atoms with Crippen LogP contribution in [0.5, 0.6) is 17.2 Å². The molecule has 0 aliphatic carbocycles. The van der Waals surface area contributed by atoms with Gasteiger partial charge in [-0.15, -0.1) is 0 Å². The molecule has 0 radical (unpaired) electrons. The fraction of sp³-hybridized carbons (Fsp3) is 0.0455. The lowest BCUT2D eigenvalue weighted by atomic mass is 10.0. The molecule has 0 saturated carbocycles. The van der Waals surface area contributed by atoms with Crippen molar-refractivity contribution < 1.29 is 14.3 Å². The number of fused-ring (bicyclic) bond motifs is 2. The quantitative estimate of drug-likeness (QED) is 0.457. The molecule has 0 saturated heterocycles. The highest BCUT2D eigenvalue weighted by Crippen LogP contribution is 2.40. The SMILES string of the molecule is COc1ccc2ccccc2c1Oc1ccc(C=O)c2ccccc12. The molecule has 4 aromatic rings. The molecule has 0 heterocycles. The van der Waals surface area contributed by atoms with Crippen molar-refractivity contribution >= 4 is 27.8 Å². The van der Waals surface area contributed by atoms with Gasteiger partial charge in [0.25, 0.3) is 0 Å². The third-order valence-electron chi connectivity index (χ3n) is 4.32. The van der Waals surface area contributed by atoms with E-state index in [-0.39, 0.29) is 0 Å². The molecule has 0 aromatic heterocycles. The lowest BCUT2D eigenvalue weighted by molar-refractivity contribution is 0.112. The van der Waals surface area contributed by atoms with E-state index in [1.165, 1.54) is 0 Å². The summed E-state index contributed by atoms with van der Waals surface area (Å²) in [7, 11) is 1.63. The Bertz CT molecular complexity index is 1080. The molecule has 25 heavy (non-hydrogen) atoms. The van der Waals surface area contributed by atoms with Crippen LogP contribution in [0, 0.1) is 0 Å². The Labute approximate surface area is 145 Å². The molecule has 3 nitrogen and oxygen atoms in total. The van der Waals surface area contributed by atoms with Crippen molar-refractivity contribution in [1.82, 2.24) is 0 Å². The van der Waals surface area contributed by atoms with Crippen LogP contribution in [0.3, 0.4) is 0 Å². The molecule has 0 amide bonds. The molecule has 0 atom stereocenters. The Kier molecular flexibility index (Phi) is 3.82. The zero-order valence-electron chi connectivity index (χ0n) is 13.7. The van der Waals surface area contributed by atoms with Gasteiger partial charge in [-0.25, -0.2) is 0 Å². The number of carbonyl (C=O) groups is 1. The maximum Gasteiger partial charge on any atom is 0.177 e. The van der Waals surface area contributed by atoms with Crippen molar-refractivity contribution in [3.8, 4) is 17.2 Å². The van der Waals surface area contributed by atoms with Gasteiger partial charge in [0.15, 0.2) is 17.8 Å². The van der Waals surface area contributed by atoms with E-state index in [0.717, 1.165) is 27.8 Å². The summed E-state index contributed by atoms with van der Waals surface area (Å²) in [4.78, 5) is 11.3. The Morgan fingerprint density at radius 3 is 2.16 bits per heavy atom. The number of benzene rings is 4. The van der Waals surface area contributed by atoms with Crippen molar-refractivity contribution in [2.75, 3.05) is 7.11 Å². The third kappa shape index (κ3) is 2.60. The highest BCUT2D eigenvalue weighted by molar-refractivity contribution is 6.01. The molecular weight excluding hydrogens is 312 g/mol. The first kappa shape index (κ1) is 15.2. The molecule has 0 bridgehead atoms. The van der Waals surface area contributed by atoms with Gasteiger partial charge in [0, 0.05) is 16.3 Å². The standard InChI is InChI=1S/C22H16O3/c1-24-21-13-10-15-6-2-3-8-18(15)22(21)25-20-12-11-16(14-23)17-7-4-5-9-19(17)20/h2-14H,1H3. The van der Waals surface area contributed by atoms with Gasteiger partial charge in [0.2, 0.25) is 0 Å². The second-order valence-electron chi connectivity index (χ2n) is 5.74. The summed E-state index contributed by atoms with van der Waals surface area (Å²) in [5.41, 5.74) is 0.646. The van der Waals surface area contributed by atoms with Crippen LogP contribution in [0.25, 0.3) is 21.5 Å². The van der Waals surface area contributed by atoms with Crippen LogP contribution < -0.4 is 9.47 Å². The van der Waals surface area contributed by atoms with Crippen LogP contribution >= 0.6 is 0 Å². The van der Waals surface area contributed by atoms with Crippen LogP contribution in [-0.2, 0) is 0 Å². The molecule has 122 valence electrons. The number of aldehydes is 1. The number of hydrogen-bond donors (Lipinski definition) is 0. The van der Waals surface area contributed by atoms with Gasteiger partial charge in [-0.05, 0) is 29.0 Å². The first-order chi connectivity index (χ1) is 12.3. The van der Waals surface area contributed by atoms with Crippen molar-refractivity contribution in [3.05, 3.63) is 78.4 Å². The Morgan fingerprint density at radius 1 is 0.720 bits per heavy atom. The van der Waals surface area contributed by atoms with E-state index < -0.39 is 0 Å². The Morgan fingerprint density at radius 2 is 1.40 bits per heavy atom. The number of carbonyl (C=O) groups excluding carboxylic acids is 1. The van der Waals surface area contributed by atoms with E-state index in [2.05, 4.69) is 0 Å². The van der Waals surface area contributed by atoms with E-state index in [1.807, 2.05) is 66.7 Å². The van der Waals surface area contributed by atoms with Crippen molar-refractivity contribution in [3.63, 3.8) is 0 Å². The van der Waals surface area contributed by atoms with Crippen LogP contribution in [0.1, 0.15) is 10.4 Å². The lowest BCUT2D eigenvalue weighted by Gasteiger charge is -2.15. The van der Waals surface area contributed by atoms with E-state index >= 15 is 0 Å². The van der Waals surface area contributed by atoms with E-state index in [9.17, 15) is 4.79 Å². The highest BCUT2D eigenvalue weighted by Gasteiger charge is 2.13. The fourth-order valence-corrected chi connectivity index (χ4v) is 3.09. The summed E-state index contributed by atoms with van der Waals surface area (Å²) in [5.74, 6) is 2.03. The topological polar surface area (TPSA) is 35.5 Å². The van der Waals surface area contributed by atoms with Gasteiger partial charge < -0.3 is 9.47 Å². The second kappa shape index (κ2) is 6.29. The van der Waals surface area contributed by atoms with E-state index in [1.54, 1.807) is 13.2 Å². The lowest BCUT2D eigenvalue weighted by Crippen LogP contribution is -1.93. The average molecular weight is 328 g/mol. The molecule has 0 N–H and O–H groups in total. The van der Waals surface area contributed by atoms with E-state index in [0.29, 0.717) is 22.8 Å². The zero-order valence-corrected chi connectivity index (χ0v) is 13.7. The van der Waals surface area contributed by atoms with Crippen molar-refractivity contribution in [2.24, 2.45) is 0 Å². The number of rotatable bonds is 4. The number of hydrogen-bond acceptors (Lipinski definition) is 3. The Hall–Kier alpha value is -3.33. The minimum Gasteiger partial charge on any atom is -0.493 e. The normalized spacial score (nSPS) is 10.8. The minimum absolute atomic E-state index is 0.646. The molecule has 0 fully saturated rings. The smallest absolute Gasteiger partial charge is 0.177 e. The van der Waals surface area contributed by atoms with Crippen LogP contribution in [-0.4, -0.2) is 13.4 Å². The maximum atomic E-state index is 11.3. The summed E-state index contributed by atoms with van der Waals surface area (Å²) in [5, 5.41) is 3.81. The molecular formula is C22H16O3. The molecule has 0 spiro atoms. The molecule has 3 heteroatoms. The van der Waals surface area contributed by atoms with Gasteiger partial charge in [0.05, 0.1) is 7.11 Å². The molecule has 0 aliphatic heterocycles. The summed E-state index contributed by atoms with van der Waals surface area (Å²) < 4.78 is 11.8. The van der Waals surface area contributed by atoms with Gasteiger partial charge in [-0.3, -0.25) is 4.79 Å². The number of ether oxygens (including phenoxy) is 2. The van der Waals surface area contributed by atoms with E-state index in [4.69, 9.17) is 9.47 Å². The minimum atomic E-state index is 0.646. The predicted octanol–water partition coefficient (Wildman–Crippen LogP) is 5.61. The number of methoxy groups -OCH3 is 1. The third-order valence-corrected chi connectivity index (χ3v) is 4.32. The Balaban J connectivity index is 1.93. The van der Waals surface area contributed by atoms with Crippen LogP contribution in [0.4, 0.5) is 0 Å². The van der Waals surface area contributed by atoms with Crippen molar-refractivity contribution in [1.29, 1.82) is 0 Å². The van der Waals surface area contributed by atoms with Gasteiger partial charge >= 0.3 is 0 Å². The monoisotopic (exact) mass is 328 g/mol. The summed E-state index contributed by atoms with van der Waals surface area (Å²) in [6.07, 6.45) is 0.866. The molecule has 0 aliphatic rings. The fourth-order valence-electron chi connectivity index (χ4n) is 3.09. The van der Waals surface area contributed by atoms with Gasteiger partial charge in [-0.1, -0.05) is 54.6 Å². The molecule has 4 rings (SSSR count).